The van der Waals surface area contributed by atoms with E-state index >= 15 is 0 Å². The molecule has 0 radical (unpaired) electrons. The van der Waals surface area contributed by atoms with Crippen molar-refractivity contribution in [1.29, 1.82) is 0 Å². The van der Waals surface area contributed by atoms with Crippen LogP contribution < -0.4 is 15.4 Å². The molecule has 1 aliphatic heterocycles. The maximum Gasteiger partial charge on any atom is 0.191 e. The van der Waals surface area contributed by atoms with E-state index in [0.29, 0.717) is 0 Å². The second-order valence-electron chi connectivity index (χ2n) is 6.30. The molecule has 0 atom stereocenters. The van der Waals surface area contributed by atoms with E-state index in [2.05, 4.69) is 44.5 Å². The molecule has 6 nitrogen and oxygen atoms in total. The first-order chi connectivity index (χ1) is 12.2. The van der Waals surface area contributed by atoms with E-state index in [9.17, 15) is 0 Å². The molecule has 2 N–H and O–H groups in total. The first-order valence-electron chi connectivity index (χ1n) is 9.27. The van der Waals surface area contributed by atoms with Gasteiger partial charge in [-0.15, -0.1) is 24.0 Å². The largest absolute Gasteiger partial charge is 0.497 e. The molecule has 148 valence electrons. The molecular weight excluding hydrogens is 441 g/mol. The number of nitrogens with one attached hydrogen (secondary N) is 2. The van der Waals surface area contributed by atoms with Crippen LogP contribution in [0.3, 0.4) is 0 Å². The molecule has 1 saturated heterocycles. The summed E-state index contributed by atoms with van der Waals surface area (Å²) in [7, 11) is 3.51. The Kier molecular flexibility index (Phi) is 11.6. The summed E-state index contributed by atoms with van der Waals surface area (Å²) in [5, 5.41) is 6.79. The standard InChI is InChI=1S/C19H33N5O.HI/c1-4-23-13-15-24(16-14-23)12-11-22-19(20-2)21-10-9-17-5-7-18(25-3)8-6-17;/h5-8H,4,9-16H2,1-3H3,(H2,20,21,22);1H. The van der Waals surface area contributed by atoms with E-state index in [-0.39, 0.29) is 24.0 Å². The third-order valence-electron chi connectivity index (χ3n) is 4.72. The lowest BCUT2D eigenvalue weighted by Gasteiger charge is -2.34. The van der Waals surface area contributed by atoms with Crippen molar-refractivity contribution in [2.45, 2.75) is 13.3 Å². The zero-order valence-corrected chi connectivity index (χ0v) is 18.7. The Balaban J connectivity index is 0.00000338. The quantitative estimate of drug-likeness (QED) is 0.341. The summed E-state index contributed by atoms with van der Waals surface area (Å²) in [5.74, 6) is 1.77. The zero-order valence-electron chi connectivity index (χ0n) is 16.3. The fraction of sp³-hybridized carbons (Fsp3) is 0.632. The monoisotopic (exact) mass is 475 g/mol. The number of likely N-dealkylation sites (N-methyl/N-ethyl adjacent to an activating group) is 1. The van der Waals surface area contributed by atoms with Crippen LogP contribution in [0.4, 0.5) is 0 Å². The second-order valence-corrected chi connectivity index (χ2v) is 6.30. The van der Waals surface area contributed by atoms with Gasteiger partial charge in [0, 0.05) is 52.9 Å². The van der Waals surface area contributed by atoms with Crippen molar-refractivity contribution in [2.24, 2.45) is 4.99 Å². The smallest absolute Gasteiger partial charge is 0.191 e. The van der Waals surface area contributed by atoms with E-state index in [1.54, 1.807) is 7.11 Å². The lowest BCUT2D eigenvalue weighted by Crippen LogP contribution is -2.49. The summed E-state index contributed by atoms with van der Waals surface area (Å²) in [4.78, 5) is 9.32. The maximum atomic E-state index is 5.18. The lowest BCUT2D eigenvalue weighted by atomic mass is 10.1. The summed E-state index contributed by atoms with van der Waals surface area (Å²) >= 11 is 0. The number of hydrogen-bond acceptors (Lipinski definition) is 4. The Morgan fingerprint density at radius 3 is 2.23 bits per heavy atom. The van der Waals surface area contributed by atoms with Crippen LogP contribution in [0.25, 0.3) is 0 Å². The molecule has 26 heavy (non-hydrogen) atoms. The van der Waals surface area contributed by atoms with Crippen LogP contribution in [0, 0.1) is 0 Å². The highest BCUT2D eigenvalue weighted by Gasteiger charge is 2.14. The van der Waals surface area contributed by atoms with E-state index in [1.165, 1.54) is 31.7 Å². The number of methoxy groups -OCH3 is 1. The van der Waals surface area contributed by atoms with Crippen LogP contribution in [0.5, 0.6) is 5.75 Å². The van der Waals surface area contributed by atoms with Gasteiger partial charge in [0.25, 0.3) is 0 Å². The Labute approximate surface area is 175 Å². The van der Waals surface area contributed by atoms with E-state index < -0.39 is 0 Å². The summed E-state index contributed by atoms with van der Waals surface area (Å²) in [6.07, 6.45) is 0.962. The number of benzene rings is 1. The van der Waals surface area contributed by atoms with Crippen LogP contribution in [-0.2, 0) is 6.42 Å². The highest BCUT2D eigenvalue weighted by molar-refractivity contribution is 14.0. The third-order valence-corrected chi connectivity index (χ3v) is 4.72. The molecule has 1 aliphatic rings. The number of halogens is 1. The average Bonchev–Trinajstić information content (AvgIpc) is 2.67. The normalized spacial score (nSPS) is 16.0. The van der Waals surface area contributed by atoms with Gasteiger partial charge in [0.2, 0.25) is 0 Å². The number of hydrogen-bond donors (Lipinski definition) is 2. The summed E-state index contributed by atoms with van der Waals surface area (Å²) in [6.45, 7) is 11.0. The van der Waals surface area contributed by atoms with Crippen molar-refractivity contribution < 1.29 is 4.74 Å². The highest BCUT2D eigenvalue weighted by atomic mass is 127. The van der Waals surface area contributed by atoms with Gasteiger partial charge in [-0.3, -0.25) is 9.89 Å². The molecular formula is C19H34IN5O. The molecule has 0 spiro atoms. The number of rotatable bonds is 8. The topological polar surface area (TPSA) is 52.1 Å². The maximum absolute atomic E-state index is 5.18. The van der Waals surface area contributed by atoms with Crippen LogP contribution in [0.2, 0.25) is 0 Å². The highest BCUT2D eigenvalue weighted by Crippen LogP contribution is 2.11. The van der Waals surface area contributed by atoms with E-state index in [4.69, 9.17) is 4.74 Å². The van der Waals surface area contributed by atoms with Crippen molar-refractivity contribution in [1.82, 2.24) is 20.4 Å². The Morgan fingerprint density at radius 2 is 1.65 bits per heavy atom. The van der Waals surface area contributed by atoms with Gasteiger partial charge in [-0.1, -0.05) is 19.1 Å². The van der Waals surface area contributed by atoms with E-state index in [0.717, 1.165) is 44.3 Å². The van der Waals surface area contributed by atoms with Crippen LogP contribution in [-0.4, -0.2) is 82.3 Å². The summed E-state index contributed by atoms with van der Waals surface area (Å²) < 4.78 is 5.18. The van der Waals surface area contributed by atoms with Gasteiger partial charge in [0.15, 0.2) is 5.96 Å². The molecule has 0 aromatic heterocycles. The summed E-state index contributed by atoms with van der Waals surface area (Å²) in [5.41, 5.74) is 1.29. The van der Waals surface area contributed by atoms with Gasteiger partial charge in [-0.25, -0.2) is 0 Å². The molecule has 1 fully saturated rings. The van der Waals surface area contributed by atoms with Crippen molar-refractivity contribution in [2.75, 3.05) is 66.5 Å². The van der Waals surface area contributed by atoms with Crippen LogP contribution in [0.15, 0.2) is 29.3 Å². The van der Waals surface area contributed by atoms with Gasteiger partial charge in [-0.2, -0.15) is 0 Å². The van der Waals surface area contributed by atoms with Crippen LogP contribution >= 0.6 is 24.0 Å². The van der Waals surface area contributed by atoms with Crippen molar-refractivity contribution in [3.63, 3.8) is 0 Å². The molecule has 0 amide bonds. The number of ether oxygens (including phenoxy) is 1. The van der Waals surface area contributed by atoms with Crippen molar-refractivity contribution in [3.8, 4) is 5.75 Å². The minimum atomic E-state index is 0. The van der Waals surface area contributed by atoms with Gasteiger partial charge >= 0.3 is 0 Å². The molecule has 2 rings (SSSR count). The molecule has 7 heteroatoms. The molecule has 0 aliphatic carbocycles. The average molecular weight is 475 g/mol. The minimum Gasteiger partial charge on any atom is -0.497 e. The predicted octanol–water partition coefficient (Wildman–Crippen LogP) is 1.66. The Hall–Kier alpha value is -1.06. The lowest BCUT2D eigenvalue weighted by molar-refractivity contribution is 0.139. The third kappa shape index (κ3) is 8.09. The number of piperazine rings is 1. The zero-order chi connectivity index (χ0) is 17.9. The fourth-order valence-corrected chi connectivity index (χ4v) is 3.00. The van der Waals surface area contributed by atoms with Crippen molar-refractivity contribution in [3.05, 3.63) is 29.8 Å². The summed E-state index contributed by atoms with van der Waals surface area (Å²) in [6, 6.07) is 8.21. The molecule has 0 unspecified atom stereocenters. The van der Waals surface area contributed by atoms with Gasteiger partial charge < -0.3 is 20.3 Å². The minimum absolute atomic E-state index is 0. The number of aliphatic imine (C=N–C) groups is 1. The molecule has 1 aromatic rings. The van der Waals surface area contributed by atoms with Crippen LogP contribution in [0.1, 0.15) is 12.5 Å². The Morgan fingerprint density at radius 1 is 1.04 bits per heavy atom. The Bertz CT molecular complexity index is 515. The molecule has 1 heterocycles. The van der Waals surface area contributed by atoms with Crippen molar-refractivity contribution >= 4 is 29.9 Å². The SMILES string of the molecule is CCN1CCN(CCNC(=NC)NCCc2ccc(OC)cc2)CC1.I. The van der Waals surface area contributed by atoms with Gasteiger partial charge in [0.1, 0.15) is 5.75 Å². The second kappa shape index (κ2) is 13.2. The first-order valence-corrected chi connectivity index (χ1v) is 9.27. The fourth-order valence-electron chi connectivity index (χ4n) is 3.00. The van der Waals surface area contributed by atoms with Gasteiger partial charge in [-0.05, 0) is 30.7 Å². The molecule has 1 aromatic carbocycles. The molecule has 0 bridgehead atoms. The first kappa shape index (κ1) is 23.0. The molecule has 0 saturated carbocycles. The van der Waals surface area contributed by atoms with Gasteiger partial charge in [0.05, 0.1) is 7.11 Å². The number of guanidine groups is 1. The predicted molar refractivity (Wildman–Crippen MR) is 120 cm³/mol. The number of nitrogens with zero attached hydrogens (tertiary/aromatic N) is 3. The van der Waals surface area contributed by atoms with E-state index in [1.807, 2.05) is 19.2 Å².